The lowest BCUT2D eigenvalue weighted by Gasteiger charge is -2.36. The lowest BCUT2D eigenvalue weighted by molar-refractivity contribution is -0.136. The first-order valence-corrected chi connectivity index (χ1v) is 11.6. The first-order valence-electron chi connectivity index (χ1n) is 10.3. The molecular weight excluding hydrogens is 489 g/mol. The fraction of sp³-hybridized carbons (Fsp3) is 0.261. The molecule has 0 saturated carbocycles. The molecule has 0 spiro atoms. The molecule has 34 heavy (non-hydrogen) atoms. The summed E-state index contributed by atoms with van der Waals surface area (Å²) in [6.07, 6.45) is 0.188. The zero-order valence-corrected chi connectivity index (χ0v) is 19.0. The van der Waals surface area contributed by atoms with Crippen LogP contribution in [0.15, 0.2) is 52.8 Å². The van der Waals surface area contributed by atoms with Crippen LogP contribution in [0.2, 0.25) is 5.15 Å². The summed E-state index contributed by atoms with van der Waals surface area (Å²) < 4.78 is 47.6. The average molecular weight is 505 g/mol. The Hall–Kier alpha value is -3.29. The Kier molecular flexibility index (Phi) is 5.41. The fourth-order valence-corrected chi connectivity index (χ4v) is 5.44. The van der Waals surface area contributed by atoms with Crippen LogP contribution in [0.4, 0.5) is 13.2 Å². The van der Waals surface area contributed by atoms with E-state index in [-0.39, 0.29) is 29.5 Å². The van der Waals surface area contributed by atoms with Crippen LogP contribution in [0, 0.1) is 11.3 Å². The van der Waals surface area contributed by atoms with Crippen LogP contribution >= 0.6 is 22.9 Å². The molecule has 0 unspecified atom stereocenters. The van der Waals surface area contributed by atoms with E-state index in [9.17, 15) is 23.2 Å². The van der Waals surface area contributed by atoms with Gasteiger partial charge in [-0.1, -0.05) is 17.7 Å². The zero-order valence-electron chi connectivity index (χ0n) is 17.5. The number of pyridine rings is 1. The van der Waals surface area contributed by atoms with E-state index in [2.05, 4.69) is 11.1 Å². The standard InChI is InChI=1S/C23H16ClF3N4O2S/c24-19-18(21(32)30-6-4-22(13-28,5-7-30)17-2-1-9-34-17)29-20-16(23(25,26)27)10-15(11-31(19)20)14-3-8-33-12-14/h1-3,8-12H,4-7H2. The van der Waals surface area contributed by atoms with E-state index in [0.29, 0.717) is 18.4 Å². The summed E-state index contributed by atoms with van der Waals surface area (Å²) in [5.41, 5.74) is -1.74. The number of hydrogen-bond acceptors (Lipinski definition) is 5. The van der Waals surface area contributed by atoms with Gasteiger partial charge in [-0.3, -0.25) is 9.20 Å². The van der Waals surface area contributed by atoms with E-state index in [1.807, 2.05) is 17.5 Å². The average Bonchev–Trinajstić information content (AvgIpc) is 3.59. The second-order valence-corrected chi connectivity index (χ2v) is 9.37. The Labute approximate surface area is 200 Å². The third kappa shape index (κ3) is 3.65. The molecule has 4 aromatic rings. The number of likely N-dealkylation sites (tertiary alicyclic amines) is 1. The minimum absolute atomic E-state index is 0.203. The molecule has 4 aromatic heterocycles. The molecule has 1 saturated heterocycles. The number of halogens is 4. The molecule has 1 aliphatic rings. The highest BCUT2D eigenvalue weighted by Crippen LogP contribution is 2.39. The first-order chi connectivity index (χ1) is 16.2. The van der Waals surface area contributed by atoms with Crippen molar-refractivity contribution in [2.45, 2.75) is 24.4 Å². The van der Waals surface area contributed by atoms with Gasteiger partial charge in [0.25, 0.3) is 5.91 Å². The summed E-state index contributed by atoms with van der Waals surface area (Å²) in [6.45, 7) is 0.530. The Balaban J connectivity index is 1.50. The minimum atomic E-state index is -4.71. The van der Waals surface area contributed by atoms with Crippen molar-refractivity contribution in [1.82, 2.24) is 14.3 Å². The van der Waals surface area contributed by atoms with E-state index < -0.39 is 28.7 Å². The third-order valence-electron chi connectivity index (χ3n) is 6.14. The second kappa shape index (κ2) is 8.18. The summed E-state index contributed by atoms with van der Waals surface area (Å²) in [6, 6.07) is 8.66. The summed E-state index contributed by atoms with van der Waals surface area (Å²) in [5.74, 6) is -0.565. The highest BCUT2D eigenvalue weighted by molar-refractivity contribution is 7.10. The van der Waals surface area contributed by atoms with Crippen LogP contribution in [0.25, 0.3) is 16.8 Å². The van der Waals surface area contributed by atoms with Crippen molar-refractivity contribution >= 4 is 34.5 Å². The number of carbonyl (C=O) groups excluding carboxylic acids is 1. The number of rotatable bonds is 3. The summed E-state index contributed by atoms with van der Waals surface area (Å²) in [4.78, 5) is 19.7. The normalized spacial score (nSPS) is 16.0. The van der Waals surface area contributed by atoms with Crippen LogP contribution in [-0.2, 0) is 11.6 Å². The molecule has 1 fully saturated rings. The van der Waals surface area contributed by atoms with Gasteiger partial charge in [0.2, 0.25) is 0 Å². The number of furan rings is 1. The van der Waals surface area contributed by atoms with Gasteiger partial charge in [0, 0.05) is 35.3 Å². The Bertz CT molecular complexity index is 1400. The highest BCUT2D eigenvalue weighted by Gasteiger charge is 2.40. The number of hydrogen-bond donors (Lipinski definition) is 0. The highest BCUT2D eigenvalue weighted by atomic mass is 35.5. The van der Waals surface area contributed by atoms with Crippen molar-refractivity contribution < 1.29 is 22.4 Å². The second-order valence-electron chi connectivity index (χ2n) is 8.06. The SMILES string of the molecule is N#CC1(c2cccs2)CCN(C(=O)c2nc3c(C(F)(F)F)cc(-c4ccoc4)cn3c2Cl)CC1. The molecular formula is C23H16ClF3N4O2S. The molecule has 5 rings (SSSR count). The van der Waals surface area contributed by atoms with Gasteiger partial charge in [0.1, 0.15) is 5.15 Å². The number of alkyl halides is 3. The molecule has 0 aromatic carbocycles. The van der Waals surface area contributed by atoms with Crippen LogP contribution in [0.1, 0.15) is 33.8 Å². The molecule has 0 radical (unpaired) electrons. The minimum Gasteiger partial charge on any atom is -0.472 e. The van der Waals surface area contributed by atoms with Crippen molar-refractivity contribution in [2.75, 3.05) is 13.1 Å². The number of thiophene rings is 1. The Morgan fingerprint density at radius 2 is 2.03 bits per heavy atom. The Morgan fingerprint density at radius 3 is 2.62 bits per heavy atom. The van der Waals surface area contributed by atoms with Crippen molar-refractivity contribution in [3.8, 4) is 17.2 Å². The van der Waals surface area contributed by atoms with Gasteiger partial charge in [-0.25, -0.2) is 4.98 Å². The zero-order chi connectivity index (χ0) is 24.1. The third-order valence-corrected chi connectivity index (χ3v) is 7.57. The molecule has 1 amide bonds. The molecule has 0 atom stereocenters. The van der Waals surface area contributed by atoms with Gasteiger partial charge in [-0.15, -0.1) is 11.3 Å². The maximum atomic E-state index is 13.9. The molecule has 11 heteroatoms. The van der Waals surface area contributed by atoms with Gasteiger partial charge in [-0.05, 0) is 36.4 Å². The van der Waals surface area contributed by atoms with Crippen molar-refractivity contribution in [3.05, 3.63) is 69.7 Å². The van der Waals surface area contributed by atoms with Crippen molar-refractivity contribution in [1.29, 1.82) is 5.26 Å². The smallest absolute Gasteiger partial charge is 0.420 e. The quantitative estimate of drug-likeness (QED) is 0.341. The predicted molar refractivity (Wildman–Crippen MR) is 120 cm³/mol. The lowest BCUT2D eigenvalue weighted by Crippen LogP contribution is -2.44. The molecule has 6 nitrogen and oxygen atoms in total. The van der Waals surface area contributed by atoms with Crippen molar-refractivity contribution in [2.24, 2.45) is 0 Å². The molecule has 0 aliphatic carbocycles. The summed E-state index contributed by atoms with van der Waals surface area (Å²) in [7, 11) is 0. The van der Waals surface area contributed by atoms with E-state index >= 15 is 0 Å². The number of fused-ring (bicyclic) bond motifs is 1. The lowest BCUT2D eigenvalue weighted by atomic mass is 9.78. The number of nitriles is 1. The van der Waals surface area contributed by atoms with Gasteiger partial charge >= 0.3 is 6.18 Å². The van der Waals surface area contributed by atoms with Crippen LogP contribution in [-0.4, -0.2) is 33.3 Å². The van der Waals surface area contributed by atoms with Gasteiger partial charge in [0.05, 0.1) is 29.6 Å². The Morgan fingerprint density at radius 1 is 1.26 bits per heavy atom. The predicted octanol–water partition coefficient (Wildman–Crippen LogP) is 6.03. The molecule has 174 valence electrons. The van der Waals surface area contributed by atoms with Crippen LogP contribution in [0.3, 0.4) is 0 Å². The molecule has 0 N–H and O–H groups in total. The number of amides is 1. The largest absolute Gasteiger partial charge is 0.472 e. The first kappa shape index (κ1) is 22.5. The van der Waals surface area contributed by atoms with E-state index in [1.54, 1.807) is 0 Å². The van der Waals surface area contributed by atoms with Gasteiger partial charge in [-0.2, -0.15) is 18.4 Å². The molecule has 1 aliphatic heterocycles. The number of aromatic nitrogens is 2. The maximum absolute atomic E-state index is 13.9. The molecule has 5 heterocycles. The summed E-state index contributed by atoms with van der Waals surface area (Å²) >= 11 is 7.90. The van der Waals surface area contributed by atoms with Crippen molar-refractivity contribution in [3.63, 3.8) is 0 Å². The van der Waals surface area contributed by atoms with E-state index in [4.69, 9.17) is 16.0 Å². The van der Waals surface area contributed by atoms with Gasteiger partial charge < -0.3 is 9.32 Å². The van der Waals surface area contributed by atoms with E-state index in [0.717, 1.165) is 15.3 Å². The van der Waals surface area contributed by atoms with Crippen LogP contribution in [0.5, 0.6) is 0 Å². The van der Waals surface area contributed by atoms with Crippen LogP contribution < -0.4 is 0 Å². The summed E-state index contributed by atoms with van der Waals surface area (Å²) in [5, 5.41) is 11.5. The fourth-order valence-electron chi connectivity index (χ4n) is 4.25. The number of piperidine rings is 1. The monoisotopic (exact) mass is 504 g/mol. The topological polar surface area (TPSA) is 74.5 Å². The van der Waals surface area contributed by atoms with Gasteiger partial charge in [0.15, 0.2) is 11.3 Å². The maximum Gasteiger partial charge on any atom is 0.420 e. The number of carbonyl (C=O) groups is 1. The van der Waals surface area contributed by atoms with E-state index in [1.165, 1.54) is 41.0 Å². The number of nitrogens with zero attached hydrogens (tertiary/aromatic N) is 4. The number of imidazole rings is 1. The molecule has 0 bridgehead atoms.